The molecule has 2 amide bonds. The third kappa shape index (κ3) is 7.53. The van der Waals surface area contributed by atoms with Gasteiger partial charge in [-0.25, -0.2) is 0 Å². The third-order valence-corrected chi connectivity index (χ3v) is 7.74. The molecule has 0 saturated carbocycles. The van der Waals surface area contributed by atoms with Crippen molar-refractivity contribution in [3.05, 3.63) is 47.5 Å². The molecular formula is C30H37F7N2O4. The fraction of sp³-hybridized carbons (Fsp3) is 0.533. The van der Waals surface area contributed by atoms with Crippen molar-refractivity contribution in [1.29, 1.82) is 0 Å². The summed E-state index contributed by atoms with van der Waals surface area (Å²) in [5.74, 6) is -16.9. The van der Waals surface area contributed by atoms with Gasteiger partial charge in [0.05, 0.1) is 5.69 Å². The van der Waals surface area contributed by atoms with Crippen molar-refractivity contribution in [1.82, 2.24) is 0 Å². The minimum absolute atomic E-state index is 0.0934. The minimum atomic E-state index is -6.71. The molecule has 0 saturated heterocycles. The number of rotatable bonds is 12. The van der Waals surface area contributed by atoms with Crippen molar-refractivity contribution in [2.45, 2.75) is 103 Å². The summed E-state index contributed by atoms with van der Waals surface area (Å²) >= 11 is 0. The van der Waals surface area contributed by atoms with E-state index in [9.17, 15) is 45.4 Å². The zero-order valence-electron chi connectivity index (χ0n) is 25.0. The van der Waals surface area contributed by atoms with Crippen LogP contribution in [0.4, 0.5) is 42.1 Å². The molecule has 0 aliphatic heterocycles. The number of carbonyl (C=O) groups excluding carboxylic acids is 2. The molecule has 13 heteroatoms. The average Bonchev–Trinajstić information content (AvgIpc) is 2.92. The monoisotopic (exact) mass is 622 g/mol. The zero-order chi connectivity index (χ0) is 33.2. The second-order valence-electron chi connectivity index (χ2n) is 11.5. The highest BCUT2D eigenvalue weighted by atomic mass is 19.4. The van der Waals surface area contributed by atoms with Crippen LogP contribution in [0.5, 0.6) is 11.5 Å². The van der Waals surface area contributed by atoms with E-state index in [0.29, 0.717) is 5.75 Å². The van der Waals surface area contributed by atoms with E-state index in [2.05, 4.69) is 46.0 Å². The Morgan fingerprint density at radius 2 is 1.42 bits per heavy atom. The summed E-state index contributed by atoms with van der Waals surface area (Å²) in [5.41, 5.74) is 0.650. The van der Waals surface area contributed by atoms with Gasteiger partial charge in [-0.05, 0) is 53.9 Å². The SMILES string of the molecule is CC[C@H](Oc1ccc(C(C)(C)CC)cc1C(C)(C)CC)C(=O)Nc1ccc(NC(=O)C(F)(F)C(F)(F)C(F)(F)F)c(O)c1. The van der Waals surface area contributed by atoms with Gasteiger partial charge in [0.15, 0.2) is 6.10 Å². The molecule has 0 heterocycles. The molecule has 0 aromatic heterocycles. The molecule has 43 heavy (non-hydrogen) atoms. The van der Waals surface area contributed by atoms with Crippen LogP contribution in [-0.4, -0.2) is 41.0 Å². The third-order valence-electron chi connectivity index (χ3n) is 7.74. The molecule has 240 valence electrons. The molecular weight excluding hydrogens is 585 g/mol. The quantitative estimate of drug-likeness (QED) is 0.164. The second kappa shape index (κ2) is 12.6. The lowest BCUT2D eigenvalue weighted by atomic mass is 9.76. The fourth-order valence-electron chi connectivity index (χ4n) is 3.91. The first-order chi connectivity index (χ1) is 19.6. The largest absolute Gasteiger partial charge is 0.506 e. The van der Waals surface area contributed by atoms with Gasteiger partial charge in [-0.2, -0.15) is 30.7 Å². The fourth-order valence-corrected chi connectivity index (χ4v) is 3.91. The number of hydrogen-bond donors (Lipinski definition) is 3. The summed E-state index contributed by atoms with van der Waals surface area (Å²) in [4.78, 5) is 24.7. The van der Waals surface area contributed by atoms with Gasteiger partial charge >= 0.3 is 23.9 Å². The van der Waals surface area contributed by atoms with Crippen LogP contribution in [-0.2, 0) is 20.4 Å². The van der Waals surface area contributed by atoms with Crippen molar-refractivity contribution in [3.63, 3.8) is 0 Å². The molecule has 0 aliphatic carbocycles. The number of phenols is 1. The zero-order valence-corrected chi connectivity index (χ0v) is 25.0. The van der Waals surface area contributed by atoms with E-state index >= 15 is 0 Å². The van der Waals surface area contributed by atoms with E-state index in [1.807, 2.05) is 19.1 Å². The van der Waals surface area contributed by atoms with E-state index in [1.54, 1.807) is 6.92 Å². The maximum atomic E-state index is 13.7. The number of amides is 2. The number of anilines is 2. The van der Waals surface area contributed by atoms with E-state index < -0.39 is 47.4 Å². The van der Waals surface area contributed by atoms with Gasteiger partial charge in [-0.15, -0.1) is 0 Å². The molecule has 0 fully saturated rings. The molecule has 0 unspecified atom stereocenters. The predicted molar refractivity (Wildman–Crippen MR) is 149 cm³/mol. The van der Waals surface area contributed by atoms with Crippen LogP contribution in [0.2, 0.25) is 0 Å². The van der Waals surface area contributed by atoms with Crippen LogP contribution in [0.25, 0.3) is 0 Å². The average molecular weight is 623 g/mol. The van der Waals surface area contributed by atoms with Gasteiger partial charge in [0.25, 0.3) is 5.91 Å². The lowest BCUT2D eigenvalue weighted by Crippen LogP contribution is -2.57. The number of aromatic hydroxyl groups is 1. The number of phenolic OH excluding ortho intramolecular Hbond substituents is 1. The van der Waals surface area contributed by atoms with Crippen LogP contribution >= 0.6 is 0 Å². The highest BCUT2D eigenvalue weighted by Crippen LogP contribution is 2.47. The van der Waals surface area contributed by atoms with Gasteiger partial charge < -0.3 is 20.5 Å². The van der Waals surface area contributed by atoms with Gasteiger partial charge in [0.2, 0.25) is 0 Å². The highest BCUT2D eigenvalue weighted by Gasteiger charge is 2.76. The summed E-state index contributed by atoms with van der Waals surface area (Å²) < 4.78 is 97.0. The Morgan fingerprint density at radius 3 is 1.91 bits per heavy atom. The molecule has 2 rings (SSSR count). The Balaban J connectivity index is 2.27. The number of carbonyl (C=O) groups is 2. The van der Waals surface area contributed by atoms with Crippen molar-refractivity contribution < 1.29 is 50.2 Å². The Kier molecular flexibility index (Phi) is 10.5. The Morgan fingerprint density at radius 1 is 0.837 bits per heavy atom. The lowest BCUT2D eigenvalue weighted by Gasteiger charge is -2.31. The van der Waals surface area contributed by atoms with Crippen LogP contribution in [0.1, 0.15) is 78.9 Å². The lowest BCUT2D eigenvalue weighted by molar-refractivity contribution is -0.343. The number of hydrogen-bond acceptors (Lipinski definition) is 4. The second-order valence-corrected chi connectivity index (χ2v) is 11.5. The van der Waals surface area contributed by atoms with Crippen LogP contribution in [0, 0.1) is 0 Å². The number of benzene rings is 2. The molecule has 0 bridgehead atoms. The first-order valence-electron chi connectivity index (χ1n) is 13.6. The summed E-state index contributed by atoms with van der Waals surface area (Å²) in [5, 5.41) is 13.8. The van der Waals surface area contributed by atoms with Crippen LogP contribution < -0.4 is 15.4 Å². The van der Waals surface area contributed by atoms with Crippen molar-refractivity contribution in [2.75, 3.05) is 10.6 Å². The molecule has 0 spiro atoms. The maximum Gasteiger partial charge on any atom is 0.460 e. The summed E-state index contributed by atoms with van der Waals surface area (Å²) in [6.45, 7) is 14.2. The van der Waals surface area contributed by atoms with Crippen molar-refractivity contribution in [3.8, 4) is 11.5 Å². The van der Waals surface area contributed by atoms with Crippen molar-refractivity contribution in [2.24, 2.45) is 0 Å². The molecule has 0 radical (unpaired) electrons. The Bertz CT molecular complexity index is 1320. The number of halogens is 7. The number of nitrogens with one attached hydrogen (secondary N) is 2. The number of ether oxygens (including phenoxy) is 1. The summed E-state index contributed by atoms with van der Waals surface area (Å²) in [7, 11) is 0. The first-order valence-corrected chi connectivity index (χ1v) is 13.6. The Labute approximate surface area is 246 Å². The Hall–Kier alpha value is -3.51. The topological polar surface area (TPSA) is 87.7 Å². The molecule has 3 N–H and O–H groups in total. The van der Waals surface area contributed by atoms with Crippen LogP contribution in [0.15, 0.2) is 36.4 Å². The number of alkyl halides is 7. The predicted octanol–water partition coefficient (Wildman–Crippen LogP) is 8.33. The normalized spacial score (nSPS) is 13.8. The van der Waals surface area contributed by atoms with Crippen LogP contribution in [0.3, 0.4) is 0 Å². The van der Waals surface area contributed by atoms with Gasteiger partial charge in [-0.1, -0.05) is 60.6 Å². The highest BCUT2D eigenvalue weighted by molar-refractivity contribution is 5.99. The molecule has 2 aromatic rings. The summed E-state index contributed by atoms with van der Waals surface area (Å²) in [6, 6.07) is 8.41. The molecule has 0 aliphatic rings. The molecule has 1 atom stereocenters. The van der Waals surface area contributed by atoms with E-state index in [4.69, 9.17) is 4.74 Å². The maximum absolute atomic E-state index is 13.7. The molecule has 2 aromatic carbocycles. The first kappa shape index (κ1) is 35.7. The van der Waals surface area contributed by atoms with E-state index in [-0.39, 0.29) is 22.9 Å². The van der Waals surface area contributed by atoms with Gasteiger partial charge in [-0.3, -0.25) is 9.59 Å². The van der Waals surface area contributed by atoms with Gasteiger partial charge in [0, 0.05) is 17.3 Å². The van der Waals surface area contributed by atoms with E-state index in [0.717, 1.165) is 47.5 Å². The minimum Gasteiger partial charge on any atom is -0.506 e. The summed E-state index contributed by atoms with van der Waals surface area (Å²) in [6.07, 6.45) is -5.81. The van der Waals surface area contributed by atoms with E-state index in [1.165, 1.54) is 0 Å². The van der Waals surface area contributed by atoms with Crippen molar-refractivity contribution >= 4 is 23.2 Å². The molecule has 6 nitrogen and oxygen atoms in total. The van der Waals surface area contributed by atoms with Gasteiger partial charge in [0.1, 0.15) is 11.5 Å². The standard InChI is InChI=1S/C30H37F7N2O4/c1-8-22(43-23-14-11-17(26(4,5)9-2)15-19(23)27(6,7)10-3)24(41)38-18-12-13-20(21(40)16-18)39-25(42)28(31,32)29(33,34)30(35,36)37/h11-16,22,40H,8-10H2,1-7H3,(H,38,41)(H,39,42)/t22-/m0/s1. The smallest absolute Gasteiger partial charge is 0.460 e.